The van der Waals surface area contributed by atoms with Gasteiger partial charge in [-0.1, -0.05) is 158 Å². The summed E-state index contributed by atoms with van der Waals surface area (Å²) in [5.74, 6) is 0. The highest BCUT2D eigenvalue weighted by atomic mass is 16.3. The van der Waals surface area contributed by atoms with Gasteiger partial charge in [0.15, 0.2) is 0 Å². The molecule has 0 aliphatic carbocycles. The third kappa shape index (κ3) is 5.36. The number of para-hydroxylation sites is 2. The van der Waals surface area contributed by atoms with Crippen LogP contribution in [-0.4, -0.2) is 4.57 Å². The molecule has 0 atom stereocenters. The largest absolute Gasteiger partial charge is 0.456 e. The molecule has 12 aromatic rings. The number of furan rings is 1. The normalized spacial score (nSPS) is 11.7. The van der Waals surface area contributed by atoms with Crippen molar-refractivity contribution in [3.8, 4) is 27.9 Å². The first-order valence-electron chi connectivity index (χ1n) is 20.2. The van der Waals surface area contributed by atoms with Crippen molar-refractivity contribution in [2.75, 3.05) is 4.90 Å². The minimum atomic E-state index is 0.895. The smallest absolute Gasteiger partial charge is 0.135 e. The van der Waals surface area contributed by atoms with E-state index in [0.29, 0.717) is 0 Å². The van der Waals surface area contributed by atoms with E-state index >= 15 is 0 Å². The average molecular weight is 753 g/mol. The van der Waals surface area contributed by atoms with Crippen LogP contribution >= 0.6 is 0 Å². The monoisotopic (exact) mass is 752 g/mol. The van der Waals surface area contributed by atoms with Gasteiger partial charge >= 0.3 is 0 Å². The Balaban J connectivity index is 1.04. The Morgan fingerprint density at radius 3 is 1.64 bits per heavy atom. The third-order valence-electron chi connectivity index (χ3n) is 12.0. The van der Waals surface area contributed by atoms with Crippen molar-refractivity contribution in [1.82, 2.24) is 4.57 Å². The molecule has 12 rings (SSSR count). The standard InChI is InChI=1S/C56H36N2O/c1-3-22-45-37(14-1)16-12-27-51(45)57(52-28-13-17-38-15-2-4-23-46(38)52)41-19-11-18-39(34-41)43-20-5-6-21-44(43)40-30-32-48-47-24-7-9-26-53(47)58(54(48)35-40)42-31-33-56-50(36-42)49-25-8-10-29-55(49)59-56/h1-36H. The Bertz CT molecular complexity index is 3500. The lowest BCUT2D eigenvalue weighted by Crippen LogP contribution is -2.11. The second-order valence-electron chi connectivity index (χ2n) is 15.3. The van der Waals surface area contributed by atoms with Crippen LogP contribution < -0.4 is 4.90 Å². The molecule has 0 spiro atoms. The average Bonchev–Trinajstić information content (AvgIpc) is 3.84. The molecule has 0 saturated carbocycles. The molecule has 0 saturated heterocycles. The van der Waals surface area contributed by atoms with Crippen LogP contribution in [0.1, 0.15) is 0 Å². The van der Waals surface area contributed by atoms with Gasteiger partial charge in [0.05, 0.1) is 22.4 Å². The molecule has 2 aromatic heterocycles. The molecule has 0 radical (unpaired) electrons. The first-order chi connectivity index (χ1) is 29.3. The number of fused-ring (bicyclic) bond motifs is 8. The van der Waals surface area contributed by atoms with E-state index in [9.17, 15) is 0 Å². The number of hydrogen-bond acceptors (Lipinski definition) is 2. The molecule has 0 aliphatic heterocycles. The van der Waals surface area contributed by atoms with E-state index in [1.54, 1.807) is 0 Å². The van der Waals surface area contributed by atoms with Gasteiger partial charge in [-0.05, 0) is 93.7 Å². The van der Waals surface area contributed by atoms with Crippen LogP contribution in [0.15, 0.2) is 223 Å². The van der Waals surface area contributed by atoms with Crippen molar-refractivity contribution in [3.63, 3.8) is 0 Å². The first kappa shape index (κ1) is 33.3. The van der Waals surface area contributed by atoms with Gasteiger partial charge in [-0.15, -0.1) is 0 Å². The summed E-state index contributed by atoms with van der Waals surface area (Å²) in [4.78, 5) is 2.43. The van der Waals surface area contributed by atoms with E-state index in [0.717, 1.165) is 61.3 Å². The van der Waals surface area contributed by atoms with E-state index < -0.39 is 0 Å². The van der Waals surface area contributed by atoms with E-state index in [2.05, 4.69) is 216 Å². The highest BCUT2D eigenvalue weighted by Crippen LogP contribution is 2.44. The lowest BCUT2D eigenvalue weighted by atomic mass is 9.93. The van der Waals surface area contributed by atoms with Crippen molar-refractivity contribution < 1.29 is 4.42 Å². The van der Waals surface area contributed by atoms with Crippen LogP contribution in [0, 0.1) is 0 Å². The van der Waals surface area contributed by atoms with E-state index in [-0.39, 0.29) is 0 Å². The van der Waals surface area contributed by atoms with Gasteiger partial charge in [0.1, 0.15) is 11.2 Å². The molecular formula is C56H36N2O. The Morgan fingerprint density at radius 1 is 0.339 bits per heavy atom. The van der Waals surface area contributed by atoms with Crippen molar-refractivity contribution in [3.05, 3.63) is 218 Å². The number of nitrogens with zero attached hydrogens (tertiary/aromatic N) is 2. The molecule has 0 bridgehead atoms. The summed E-state index contributed by atoms with van der Waals surface area (Å²) in [5, 5.41) is 9.53. The van der Waals surface area contributed by atoms with Crippen LogP contribution in [0.4, 0.5) is 17.1 Å². The fourth-order valence-corrected chi connectivity index (χ4v) is 9.28. The molecule has 0 N–H and O–H groups in total. The molecule has 0 unspecified atom stereocenters. The molecule has 0 amide bonds. The zero-order valence-electron chi connectivity index (χ0n) is 32.1. The zero-order chi connectivity index (χ0) is 38.9. The first-order valence-corrected chi connectivity index (χ1v) is 20.2. The van der Waals surface area contributed by atoms with Crippen molar-refractivity contribution in [2.45, 2.75) is 0 Å². The molecule has 3 nitrogen and oxygen atoms in total. The number of rotatable bonds is 6. The van der Waals surface area contributed by atoms with Crippen LogP contribution in [0.5, 0.6) is 0 Å². The quantitative estimate of drug-likeness (QED) is 0.169. The van der Waals surface area contributed by atoms with Gasteiger partial charge in [-0.25, -0.2) is 0 Å². The van der Waals surface area contributed by atoms with Gasteiger partial charge in [-0.3, -0.25) is 0 Å². The van der Waals surface area contributed by atoms with E-state index in [4.69, 9.17) is 4.42 Å². The van der Waals surface area contributed by atoms with Gasteiger partial charge in [0, 0.05) is 43.7 Å². The molecular weight excluding hydrogens is 717 g/mol. The molecule has 59 heavy (non-hydrogen) atoms. The predicted molar refractivity (Wildman–Crippen MR) is 249 cm³/mol. The maximum atomic E-state index is 6.23. The highest BCUT2D eigenvalue weighted by molar-refractivity contribution is 6.12. The molecule has 0 aliphatic rings. The maximum absolute atomic E-state index is 6.23. The van der Waals surface area contributed by atoms with Crippen LogP contribution in [-0.2, 0) is 0 Å². The number of benzene rings is 10. The number of hydrogen-bond donors (Lipinski definition) is 0. The Hall–Kier alpha value is -7.88. The van der Waals surface area contributed by atoms with Gasteiger partial charge in [0.25, 0.3) is 0 Å². The topological polar surface area (TPSA) is 21.3 Å². The van der Waals surface area contributed by atoms with Crippen molar-refractivity contribution >= 4 is 82.4 Å². The minimum absolute atomic E-state index is 0.895. The highest BCUT2D eigenvalue weighted by Gasteiger charge is 2.20. The number of aromatic nitrogens is 1. The molecule has 276 valence electrons. The Kier molecular flexibility index (Phi) is 7.54. The summed E-state index contributed by atoms with van der Waals surface area (Å²) in [6.45, 7) is 0. The van der Waals surface area contributed by atoms with Gasteiger partial charge < -0.3 is 13.9 Å². The third-order valence-corrected chi connectivity index (χ3v) is 12.0. The summed E-state index contributed by atoms with van der Waals surface area (Å²) in [6, 6.07) is 78.9. The fourth-order valence-electron chi connectivity index (χ4n) is 9.28. The summed E-state index contributed by atoms with van der Waals surface area (Å²) in [7, 11) is 0. The second-order valence-corrected chi connectivity index (χ2v) is 15.3. The van der Waals surface area contributed by atoms with E-state index in [1.165, 1.54) is 49.0 Å². The second kappa shape index (κ2) is 13.4. The molecule has 2 heterocycles. The van der Waals surface area contributed by atoms with Crippen LogP contribution in [0.3, 0.4) is 0 Å². The Labute approximate surface area is 341 Å². The van der Waals surface area contributed by atoms with Crippen molar-refractivity contribution in [2.24, 2.45) is 0 Å². The minimum Gasteiger partial charge on any atom is -0.456 e. The van der Waals surface area contributed by atoms with E-state index in [1.807, 2.05) is 12.1 Å². The fraction of sp³-hybridized carbons (Fsp3) is 0. The maximum Gasteiger partial charge on any atom is 0.135 e. The SMILES string of the molecule is c1cc(-c2ccccc2-c2ccc3c4ccccc4n(-c4ccc5oc6ccccc6c5c4)c3c2)cc(N(c2cccc3ccccc23)c2cccc3ccccc23)c1. The lowest BCUT2D eigenvalue weighted by Gasteiger charge is -2.28. The van der Waals surface area contributed by atoms with Gasteiger partial charge in [0.2, 0.25) is 0 Å². The molecule has 3 heteroatoms. The summed E-state index contributed by atoms with van der Waals surface area (Å²) < 4.78 is 8.64. The number of anilines is 3. The predicted octanol–water partition coefficient (Wildman–Crippen LogP) is 15.8. The zero-order valence-corrected chi connectivity index (χ0v) is 32.1. The lowest BCUT2D eigenvalue weighted by molar-refractivity contribution is 0.669. The molecule has 0 fully saturated rings. The van der Waals surface area contributed by atoms with Gasteiger partial charge in [-0.2, -0.15) is 0 Å². The van der Waals surface area contributed by atoms with Crippen molar-refractivity contribution in [1.29, 1.82) is 0 Å². The van der Waals surface area contributed by atoms with Crippen LogP contribution in [0.2, 0.25) is 0 Å². The summed E-state index contributed by atoms with van der Waals surface area (Å²) >= 11 is 0. The summed E-state index contributed by atoms with van der Waals surface area (Å²) in [6.07, 6.45) is 0. The molecule has 10 aromatic carbocycles. The Morgan fingerprint density at radius 2 is 0.898 bits per heavy atom. The summed E-state index contributed by atoms with van der Waals surface area (Å²) in [5.41, 5.74) is 13.3. The van der Waals surface area contributed by atoms with Crippen LogP contribution in [0.25, 0.3) is 93.2 Å².